The molecule has 0 radical (unpaired) electrons. The summed E-state index contributed by atoms with van der Waals surface area (Å²) in [6.07, 6.45) is 3.99. The highest BCUT2D eigenvalue weighted by Crippen LogP contribution is 2.30. The fourth-order valence-electron chi connectivity index (χ4n) is 3.36. The third kappa shape index (κ3) is 5.25. The van der Waals surface area contributed by atoms with Crippen LogP contribution < -0.4 is 14.8 Å². The molecule has 4 heteroatoms. The van der Waals surface area contributed by atoms with Crippen molar-refractivity contribution < 1.29 is 14.3 Å². The van der Waals surface area contributed by atoms with E-state index in [1.807, 2.05) is 50.2 Å². The number of hydrogen-bond acceptors (Lipinski definition) is 3. The minimum Gasteiger partial charge on any atom is -0.491 e. The molecule has 0 fully saturated rings. The fourth-order valence-corrected chi connectivity index (χ4v) is 3.36. The molecule has 1 aliphatic carbocycles. The number of amides is 1. The van der Waals surface area contributed by atoms with Gasteiger partial charge in [-0.3, -0.25) is 4.79 Å². The molecule has 0 heterocycles. The molecule has 4 nitrogen and oxygen atoms in total. The number of rotatable bonds is 7. The molecular formula is C23H29NO3. The van der Waals surface area contributed by atoms with Gasteiger partial charge in [-0.1, -0.05) is 29.8 Å². The summed E-state index contributed by atoms with van der Waals surface area (Å²) in [5.74, 6) is 1.53. The SMILES string of the molecule is Cc1ccc(OC[C@@H](C)NC(=O)[C@H](C)Oc2cccc3c2CCCC3)cc1. The van der Waals surface area contributed by atoms with Crippen LogP contribution in [0.2, 0.25) is 0 Å². The van der Waals surface area contributed by atoms with E-state index < -0.39 is 6.10 Å². The van der Waals surface area contributed by atoms with Crippen LogP contribution in [0.25, 0.3) is 0 Å². The van der Waals surface area contributed by atoms with Crippen LogP contribution in [0.5, 0.6) is 11.5 Å². The summed E-state index contributed by atoms with van der Waals surface area (Å²) in [7, 11) is 0. The Morgan fingerprint density at radius 1 is 1.07 bits per heavy atom. The summed E-state index contributed by atoms with van der Waals surface area (Å²) in [4.78, 5) is 12.5. The monoisotopic (exact) mass is 367 g/mol. The highest BCUT2D eigenvalue weighted by atomic mass is 16.5. The number of carbonyl (C=O) groups excluding carboxylic acids is 1. The van der Waals surface area contributed by atoms with Crippen LogP contribution in [-0.4, -0.2) is 24.7 Å². The summed E-state index contributed by atoms with van der Waals surface area (Å²) in [5, 5.41) is 2.97. The summed E-state index contributed by atoms with van der Waals surface area (Å²) < 4.78 is 11.7. The standard InChI is InChI=1S/C23H29NO3/c1-16-11-13-20(14-12-16)26-15-17(2)24-23(25)18(3)27-22-10-6-8-19-7-4-5-9-21(19)22/h6,8,10-14,17-18H,4-5,7,9,15H2,1-3H3,(H,24,25)/t17-,18+/m1/s1. The second-order valence-corrected chi connectivity index (χ2v) is 7.39. The first-order chi connectivity index (χ1) is 13.0. The number of aryl methyl sites for hydroxylation is 2. The highest BCUT2D eigenvalue weighted by molar-refractivity contribution is 5.81. The van der Waals surface area contributed by atoms with Gasteiger partial charge in [0.1, 0.15) is 18.1 Å². The lowest BCUT2D eigenvalue weighted by Crippen LogP contribution is -2.43. The average Bonchev–Trinajstić information content (AvgIpc) is 2.68. The molecule has 2 atom stereocenters. The Balaban J connectivity index is 1.51. The van der Waals surface area contributed by atoms with Crippen LogP contribution in [0, 0.1) is 6.92 Å². The normalized spacial score (nSPS) is 15.4. The molecule has 0 saturated heterocycles. The number of ether oxygens (including phenoxy) is 2. The zero-order chi connectivity index (χ0) is 19.2. The topological polar surface area (TPSA) is 47.6 Å². The molecule has 0 aliphatic heterocycles. The summed E-state index contributed by atoms with van der Waals surface area (Å²) in [5.41, 5.74) is 3.81. The molecule has 0 aromatic heterocycles. The van der Waals surface area contributed by atoms with Crippen LogP contribution in [0.3, 0.4) is 0 Å². The Morgan fingerprint density at radius 3 is 2.59 bits per heavy atom. The molecule has 1 aliphatic rings. The molecule has 1 N–H and O–H groups in total. The van der Waals surface area contributed by atoms with E-state index in [-0.39, 0.29) is 11.9 Å². The molecule has 0 bridgehead atoms. The Labute approximate surface area is 161 Å². The smallest absolute Gasteiger partial charge is 0.261 e. The minimum absolute atomic E-state index is 0.102. The Kier molecular flexibility index (Phi) is 6.38. The van der Waals surface area contributed by atoms with Gasteiger partial charge in [0, 0.05) is 0 Å². The number of benzene rings is 2. The van der Waals surface area contributed by atoms with Crippen molar-refractivity contribution in [1.82, 2.24) is 5.32 Å². The third-order valence-corrected chi connectivity index (χ3v) is 4.94. The van der Waals surface area contributed by atoms with Gasteiger partial charge in [-0.15, -0.1) is 0 Å². The van der Waals surface area contributed by atoms with Gasteiger partial charge in [0.25, 0.3) is 5.91 Å². The van der Waals surface area contributed by atoms with Crippen LogP contribution >= 0.6 is 0 Å². The van der Waals surface area contributed by atoms with E-state index in [1.54, 1.807) is 6.92 Å². The van der Waals surface area contributed by atoms with Crippen molar-refractivity contribution in [3.8, 4) is 11.5 Å². The molecule has 3 rings (SSSR count). The quantitative estimate of drug-likeness (QED) is 0.797. The van der Waals surface area contributed by atoms with Crippen LogP contribution in [-0.2, 0) is 17.6 Å². The maximum absolute atomic E-state index is 12.5. The average molecular weight is 367 g/mol. The Hall–Kier alpha value is -2.49. The zero-order valence-electron chi connectivity index (χ0n) is 16.5. The molecular weight excluding hydrogens is 338 g/mol. The first-order valence-corrected chi connectivity index (χ1v) is 9.80. The number of fused-ring (bicyclic) bond motifs is 1. The molecule has 0 unspecified atom stereocenters. The predicted octanol–water partition coefficient (Wildman–Crippen LogP) is 4.22. The van der Waals surface area contributed by atoms with Gasteiger partial charge in [0.2, 0.25) is 0 Å². The molecule has 0 spiro atoms. The maximum Gasteiger partial charge on any atom is 0.261 e. The first kappa shape index (κ1) is 19.3. The van der Waals surface area contributed by atoms with Gasteiger partial charge in [-0.2, -0.15) is 0 Å². The van der Waals surface area contributed by atoms with Gasteiger partial charge < -0.3 is 14.8 Å². The maximum atomic E-state index is 12.5. The number of nitrogens with one attached hydrogen (secondary N) is 1. The van der Waals surface area contributed by atoms with Crippen LogP contribution in [0.1, 0.15) is 43.4 Å². The molecule has 1 amide bonds. The van der Waals surface area contributed by atoms with Crippen molar-refractivity contribution >= 4 is 5.91 Å². The lowest BCUT2D eigenvalue weighted by Gasteiger charge is -2.23. The van der Waals surface area contributed by atoms with Crippen molar-refractivity contribution in [1.29, 1.82) is 0 Å². The predicted molar refractivity (Wildman–Crippen MR) is 107 cm³/mol. The van der Waals surface area contributed by atoms with Crippen molar-refractivity contribution in [2.75, 3.05) is 6.61 Å². The molecule has 0 saturated carbocycles. The highest BCUT2D eigenvalue weighted by Gasteiger charge is 2.20. The van der Waals surface area contributed by atoms with E-state index in [9.17, 15) is 4.79 Å². The largest absolute Gasteiger partial charge is 0.491 e. The Morgan fingerprint density at radius 2 is 1.81 bits per heavy atom. The van der Waals surface area contributed by atoms with Crippen LogP contribution in [0.4, 0.5) is 0 Å². The van der Waals surface area contributed by atoms with E-state index in [0.29, 0.717) is 6.61 Å². The van der Waals surface area contributed by atoms with E-state index in [1.165, 1.54) is 29.5 Å². The number of carbonyl (C=O) groups is 1. The lowest BCUT2D eigenvalue weighted by atomic mass is 9.91. The van der Waals surface area contributed by atoms with Gasteiger partial charge in [-0.05, 0) is 75.8 Å². The summed E-state index contributed by atoms with van der Waals surface area (Å²) in [6.45, 7) is 6.19. The van der Waals surface area contributed by atoms with Gasteiger partial charge in [0.05, 0.1) is 6.04 Å². The van der Waals surface area contributed by atoms with E-state index in [0.717, 1.165) is 24.3 Å². The zero-order valence-corrected chi connectivity index (χ0v) is 16.5. The molecule has 144 valence electrons. The second kappa shape index (κ2) is 8.94. The van der Waals surface area contributed by atoms with Crippen molar-refractivity contribution in [3.63, 3.8) is 0 Å². The minimum atomic E-state index is -0.541. The summed E-state index contributed by atoms with van der Waals surface area (Å²) in [6, 6.07) is 13.9. The molecule has 27 heavy (non-hydrogen) atoms. The van der Waals surface area contributed by atoms with E-state index in [4.69, 9.17) is 9.47 Å². The lowest BCUT2D eigenvalue weighted by molar-refractivity contribution is -0.128. The van der Waals surface area contributed by atoms with Crippen LogP contribution in [0.15, 0.2) is 42.5 Å². The van der Waals surface area contributed by atoms with Gasteiger partial charge in [0.15, 0.2) is 6.10 Å². The Bertz CT molecular complexity index is 770. The number of hydrogen-bond donors (Lipinski definition) is 1. The molecule has 2 aromatic rings. The van der Waals surface area contributed by atoms with E-state index >= 15 is 0 Å². The van der Waals surface area contributed by atoms with Gasteiger partial charge >= 0.3 is 0 Å². The fraction of sp³-hybridized carbons (Fsp3) is 0.435. The van der Waals surface area contributed by atoms with Crippen molar-refractivity contribution in [2.24, 2.45) is 0 Å². The van der Waals surface area contributed by atoms with Crippen molar-refractivity contribution in [2.45, 2.75) is 58.6 Å². The third-order valence-electron chi connectivity index (χ3n) is 4.94. The second-order valence-electron chi connectivity index (χ2n) is 7.39. The summed E-state index contributed by atoms with van der Waals surface area (Å²) >= 11 is 0. The van der Waals surface area contributed by atoms with E-state index in [2.05, 4.69) is 11.4 Å². The molecule has 2 aromatic carbocycles. The van der Waals surface area contributed by atoms with Gasteiger partial charge in [-0.25, -0.2) is 0 Å². The van der Waals surface area contributed by atoms with Crippen molar-refractivity contribution in [3.05, 3.63) is 59.2 Å². The first-order valence-electron chi connectivity index (χ1n) is 9.80.